The lowest BCUT2D eigenvalue weighted by atomic mass is 9.86. The lowest BCUT2D eigenvalue weighted by Crippen LogP contribution is -2.10. The fourth-order valence-corrected chi connectivity index (χ4v) is 4.65. The molecule has 146 valence electrons. The van der Waals surface area contributed by atoms with Gasteiger partial charge in [-0.05, 0) is 53.4 Å². The van der Waals surface area contributed by atoms with E-state index in [2.05, 4.69) is 110 Å². The number of aromatic nitrogens is 1. The van der Waals surface area contributed by atoms with Gasteiger partial charge in [0.15, 0.2) is 0 Å². The summed E-state index contributed by atoms with van der Waals surface area (Å²) in [6, 6.07) is 30.2. The van der Waals surface area contributed by atoms with Gasteiger partial charge < -0.3 is 8.98 Å². The Morgan fingerprint density at radius 1 is 0.633 bits per heavy atom. The summed E-state index contributed by atoms with van der Waals surface area (Å²) in [5.74, 6) is 0. The maximum absolute atomic E-state index is 6.28. The Labute approximate surface area is 175 Å². The van der Waals surface area contributed by atoms with Crippen LogP contribution in [-0.4, -0.2) is 4.57 Å². The molecular weight excluding hydrogens is 366 g/mol. The van der Waals surface area contributed by atoms with Crippen molar-refractivity contribution in [2.24, 2.45) is 0 Å². The molecule has 0 bridgehead atoms. The highest BCUT2D eigenvalue weighted by molar-refractivity contribution is 6.27. The van der Waals surface area contributed by atoms with Crippen molar-refractivity contribution >= 4 is 43.7 Å². The minimum Gasteiger partial charge on any atom is -0.456 e. The van der Waals surface area contributed by atoms with Gasteiger partial charge in [0.2, 0.25) is 0 Å². The summed E-state index contributed by atoms with van der Waals surface area (Å²) in [5.41, 5.74) is 6.89. The summed E-state index contributed by atoms with van der Waals surface area (Å²) in [4.78, 5) is 0. The Hall–Kier alpha value is -3.52. The second-order valence-electron chi connectivity index (χ2n) is 9.08. The van der Waals surface area contributed by atoms with Crippen molar-refractivity contribution < 1.29 is 4.42 Å². The number of hydrogen-bond acceptors (Lipinski definition) is 1. The van der Waals surface area contributed by atoms with Crippen LogP contribution in [0.4, 0.5) is 0 Å². The Balaban J connectivity index is 1.84. The molecule has 0 aliphatic rings. The van der Waals surface area contributed by atoms with Crippen LogP contribution in [0.2, 0.25) is 0 Å². The highest BCUT2D eigenvalue weighted by atomic mass is 16.3. The largest absolute Gasteiger partial charge is 0.456 e. The number of furan rings is 1. The zero-order valence-corrected chi connectivity index (χ0v) is 17.4. The fraction of sp³-hybridized carbons (Fsp3) is 0.143. The lowest BCUT2D eigenvalue weighted by molar-refractivity contribution is 0.590. The van der Waals surface area contributed by atoms with E-state index < -0.39 is 0 Å². The number of fused-ring (bicyclic) bond motifs is 7. The highest BCUT2D eigenvalue weighted by Crippen LogP contribution is 2.41. The van der Waals surface area contributed by atoms with E-state index in [0.717, 1.165) is 11.2 Å². The van der Waals surface area contributed by atoms with Gasteiger partial charge in [0.1, 0.15) is 11.2 Å². The number of hydrogen-bond donors (Lipinski definition) is 0. The van der Waals surface area contributed by atoms with Gasteiger partial charge in [0.05, 0.1) is 11.0 Å². The van der Waals surface area contributed by atoms with Crippen molar-refractivity contribution in [3.63, 3.8) is 0 Å². The van der Waals surface area contributed by atoms with Gasteiger partial charge in [0.25, 0.3) is 0 Å². The molecule has 0 saturated carbocycles. The first-order valence-electron chi connectivity index (χ1n) is 10.5. The molecule has 2 heterocycles. The summed E-state index contributed by atoms with van der Waals surface area (Å²) < 4.78 is 8.64. The van der Waals surface area contributed by atoms with E-state index in [1.807, 2.05) is 0 Å². The molecule has 0 spiro atoms. The van der Waals surface area contributed by atoms with Crippen LogP contribution in [0.1, 0.15) is 26.3 Å². The van der Waals surface area contributed by atoms with Gasteiger partial charge >= 0.3 is 0 Å². The van der Waals surface area contributed by atoms with Crippen molar-refractivity contribution in [2.75, 3.05) is 0 Å². The quantitative estimate of drug-likeness (QED) is 0.279. The summed E-state index contributed by atoms with van der Waals surface area (Å²) in [6.45, 7) is 6.77. The standard InChI is InChI=1S/C28H23NO/c1-28(2,3)18-13-15-24-21(17-18)27-25(30-24)16-14-23-26(27)20-11-7-8-12-22(20)29(23)19-9-5-4-6-10-19/h4-17H,1-3H3. The second kappa shape index (κ2) is 5.99. The van der Waals surface area contributed by atoms with E-state index in [1.54, 1.807) is 0 Å². The average molecular weight is 389 g/mol. The van der Waals surface area contributed by atoms with Crippen LogP contribution in [0.3, 0.4) is 0 Å². The molecule has 2 heteroatoms. The van der Waals surface area contributed by atoms with Gasteiger partial charge in [-0.3, -0.25) is 0 Å². The van der Waals surface area contributed by atoms with E-state index in [1.165, 1.54) is 43.8 Å². The number of benzene rings is 4. The molecule has 6 rings (SSSR count). The van der Waals surface area contributed by atoms with Crippen LogP contribution in [0, 0.1) is 0 Å². The molecule has 0 atom stereocenters. The second-order valence-corrected chi connectivity index (χ2v) is 9.08. The molecule has 0 fully saturated rings. The SMILES string of the molecule is CC(C)(C)c1ccc2oc3ccc4c(c5ccccc5n4-c4ccccc4)c3c2c1. The minimum atomic E-state index is 0.0870. The normalized spacial score (nSPS) is 12.5. The number of rotatable bonds is 1. The Morgan fingerprint density at radius 3 is 2.17 bits per heavy atom. The lowest BCUT2D eigenvalue weighted by Gasteiger charge is -2.18. The van der Waals surface area contributed by atoms with Crippen LogP contribution in [-0.2, 0) is 5.41 Å². The highest BCUT2D eigenvalue weighted by Gasteiger charge is 2.20. The van der Waals surface area contributed by atoms with Crippen molar-refractivity contribution in [1.82, 2.24) is 4.57 Å². The van der Waals surface area contributed by atoms with Crippen LogP contribution in [0.15, 0.2) is 89.3 Å². The zero-order chi connectivity index (χ0) is 20.5. The summed E-state index contributed by atoms with van der Waals surface area (Å²) in [7, 11) is 0. The van der Waals surface area contributed by atoms with E-state index >= 15 is 0 Å². The van der Waals surface area contributed by atoms with E-state index in [9.17, 15) is 0 Å². The van der Waals surface area contributed by atoms with Crippen LogP contribution < -0.4 is 0 Å². The predicted molar refractivity (Wildman–Crippen MR) is 127 cm³/mol. The summed E-state index contributed by atoms with van der Waals surface area (Å²) >= 11 is 0. The topological polar surface area (TPSA) is 18.1 Å². The first-order chi connectivity index (χ1) is 14.5. The van der Waals surface area contributed by atoms with Gasteiger partial charge in [-0.25, -0.2) is 0 Å². The summed E-state index contributed by atoms with van der Waals surface area (Å²) in [6.07, 6.45) is 0. The van der Waals surface area contributed by atoms with Crippen LogP contribution >= 0.6 is 0 Å². The van der Waals surface area contributed by atoms with Crippen molar-refractivity contribution in [3.05, 3.63) is 90.5 Å². The maximum atomic E-state index is 6.28. The molecule has 2 aromatic heterocycles. The number of nitrogens with zero attached hydrogens (tertiary/aromatic N) is 1. The van der Waals surface area contributed by atoms with Crippen molar-refractivity contribution in [1.29, 1.82) is 0 Å². The van der Waals surface area contributed by atoms with Gasteiger partial charge in [-0.2, -0.15) is 0 Å². The Bertz CT molecular complexity index is 1560. The summed E-state index contributed by atoms with van der Waals surface area (Å²) in [5, 5.41) is 4.92. The minimum absolute atomic E-state index is 0.0870. The predicted octanol–water partition coefficient (Wildman–Crippen LogP) is 7.98. The van der Waals surface area contributed by atoms with E-state index in [-0.39, 0.29) is 5.41 Å². The van der Waals surface area contributed by atoms with E-state index in [0.29, 0.717) is 0 Å². The molecule has 0 amide bonds. The molecule has 30 heavy (non-hydrogen) atoms. The molecule has 6 aromatic rings. The molecule has 0 N–H and O–H groups in total. The third-order valence-corrected chi connectivity index (χ3v) is 6.15. The Kier molecular flexibility index (Phi) is 3.47. The molecule has 4 aromatic carbocycles. The molecular formula is C28H23NO. The zero-order valence-electron chi connectivity index (χ0n) is 17.4. The maximum Gasteiger partial charge on any atom is 0.136 e. The monoisotopic (exact) mass is 389 g/mol. The van der Waals surface area contributed by atoms with Crippen molar-refractivity contribution in [3.8, 4) is 5.69 Å². The average Bonchev–Trinajstić information content (AvgIpc) is 3.28. The smallest absolute Gasteiger partial charge is 0.136 e. The van der Waals surface area contributed by atoms with Gasteiger partial charge in [0, 0.05) is 27.2 Å². The van der Waals surface area contributed by atoms with Gasteiger partial charge in [-0.1, -0.05) is 63.2 Å². The molecule has 0 saturated heterocycles. The third-order valence-electron chi connectivity index (χ3n) is 6.15. The van der Waals surface area contributed by atoms with E-state index in [4.69, 9.17) is 4.42 Å². The molecule has 0 aliphatic heterocycles. The Morgan fingerprint density at radius 2 is 1.37 bits per heavy atom. The number of para-hydroxylation sites is 2. The molecule has 0 radical (unpaired) electrons. The molecule has 2 nitrogen and oxygen atoms in total. The first-order valence-corrected chi connectivity index (χ1v) is 10.5. The third kappa shape index (κ3) is 2.37. The van der Waals surface area contributed by atoms with Crippen LogP contribution in [0.5, 0.6) is 0 Å². The first kappa shape index (κ1) is 17.3. The van der Waals surface area contributed by atoms with Crippen molar-refractivity contribution in [2.45, 2.75) is 26.2 Å². The molecule has 0 aliphatic carbocycles. The molecule has 0 unspecified atom stereocenters. The van der Waals surface area contributed by atoms with Crippen LogP contribution in [0.25, 0.3) is 49.4 Å². The fourth-order valence-electron chi connectivity index (χ4n) is 4.65. The van der Waals surface area contributed by atoms with Gasteiger partial charge in [-0.15, -0.1) is 0 Å².